The zero-order chi connectivity index (χ0) is 22.4. The average Bonchev–Trinajstić information content (AvgIpc) is 3.49. The Hall–Kier alpha value is -3.45. The first-order chi connectivity index (χ1) is 15.4. The fourth-order valence-electron chi connectivity index (χ4n) is 3.99. The molecule has 8 heteroatoms. The second kappa shape index (κ2) is 7.91. The van der Waals surface area contributed by atoms with Crippen molar-refractivity contribution >= 4 is 34.1 Å². The lowest BCUT2D eigenvalue weighted by molar-refractivity contribution is -0.117. The summed E-state index contributed by atoms with van der Waals surface area (Å²) in [6.45, 7) is 3.83. The lowest BCUT2D eigenvalue weighted by Gasteiger charge is -2.12. The first-order valence-electron chi connectivity index (χ1n) is 10.5. The van der Waals surface area contributed by atoms with Gasteiger partial charge in [0.05, 0.1) is 17.6 Å². The number of aromatic nitrogens is 4. The van der Waals surface area contributed by atoms with Crippen molar-refractivity contribution in [3.8, 4) is 5.69 Å². The van der Waals surface area contributed by atoms with Gasteiger partial charge >= 0.3 is 0 Å². The van der Waals surface area contributed by atoms with Gasteiger partial charge in [-0.15, -0.1) is 0 Å². The van der Waals surface area contributed by atoms with Gasteiger partial charge in [0, 0.05) is 22.0 Å². The first kappa shape index (κ1) is 20.5. The molecule has 1 N–H and O–H groups in total. The molecule has 1 aliphatic carbocycles. The Balaban J connectivity index is 1.58. The van der Waals surface area contributed by atoms with Crippen LogP contribution in [0.4, 0.5) is 5.69 Å². The molecule has 1 fully saturated rings. The highest BCUT2D eigenvalue weighted by Gasteiger charge is 2.30. The van der Waals surface area contributed by atoms with Gasteiger partial charge in [0.2, 0.25) is 5.91 Å². The van der Waals surface area contributed by atoms with Gasteiger partial charge in [0.1, 0.15) is 12.1 Å². The lowest BCUT2D eigenvalue weighted by atomic mass is 10.1. The third kappa shape index (κ3) is 3.80. The van der Waals surface area contributed by atoms with Crippen LogP contribution in [0.5, 0.6) is 0 Å². The number of halogens is 1. The number of nitrogens with one attached hydrogen (secondary N) is 1. The molecule has 0 spiro atoms. The predicted octanol–water partition coefficient (Wildman–Crippen LogP) is 4.37. The van der Waals surface area contributed by atoms with E-state index in [0.29, 0.717) is 16.2 Å². The number of benzene rings is 2. The molecule has 4 aromatic rings. The highest BCUT2D eigenvalue weighted by molar-refractivity contribution is 6.30. The Kier molecular flexibility index (Phi) is 5.06. The maximum Gasteiger partial charge on any atom is 0.293 e. The molecule has 1 amide bonds. The number of rotatable bonds is 5. The van der Waals surface area contributed by atoms with Crippen LogP contribution in [0.3, 0.4) is 0 Å². The summed E-state index contributed by atoms with van der Waals surface area (Å²) in [7, 11) is 0. The largest absolute Gasteiger partial charge is 0.324 e. The van der Waals surface area contributed by atoms with Crippen molar-refractivity contribution in [3.05, 3.63) is 80.9 Å². The molecule has 0 radical (unpaired) electrons. The van der Waals surface area contributed by atoms with E-state index in [1.807, 2.05) is 26.0 Å². The number of hydrogen-bond donors (Lipinski definition) is 1. The highest BCUT2D eigenvalue weighted by Crippen LogP contribution is 2.41. The topological polar surface area (TPSA) is 81.8 Å². The summed E-state index contributed by atoms with van der Waals surface area (Å²) in [5.74, 6) is -0.0577. The molecule has 32 heavy (non-hydrogen) atoms. The Morgan fingerprint density at radius 2 is 2.00 bits per heavy atom. The zero-order valence-electron chi connectivity index (χ0n) is 17.8. The highest BCUT2D eigenvalue weighted by atomic mass is 35.5. The van der Waals surface area contributed by atoms with Crippen LogP contribution in [0.25, 0.3) is 16.6 Å². The molecule has 2 aromatic heterocycles. The SMILES string of the molecule is Cc1ccc(-n2ncc3c(C4CC4)nn(CC(=O)Nc4cccc(Cl)c4)c(=O)c32)c(C)c1. The molecule has 0 atom stereocenters. The van der Waals surface area contributed by atoms with Gasteiger partial charge in [0.25, 0.3) is 5.56 Å². The van der Waals surface area contributed by atoms with Crippen molar-refractivity contribution in [2.45, 2.75) is 39.2 Å². The van der Waals surface area contributed by atoms with Crippen molar-refractivity contribution < 1.29 is 4.79 Å². The Morgan fingerprint density at radius 1 is 1.19 bits per heavy atom. The van der Waals surface area contributed by atoms with Gasteiger partial charge in [-0.2, -0.15) is 10.2 Å². The lowest BCUT2D eigenvalue weighted by Crippen LogP contribution is -2.31. The van der Waals surface area contributed by atoms with Gasteiger partial charge in [-0.3, -0.25) is 9.59 Å². The van der Waals surface area contributed by atoms with E-state index < -0.39 is 0 Å². The van der Waals surface area contributed by atoms with E-state index in [4.69, 9.17) is 11.6 Å². The third-order valence-electron chi connectivity index (χ3n) is 5.66. The average molecular weight is 448 g/mol. The van der Waals surface area contributed by atoms with Crippen molar-refractivity contribution in [3.63, 3.8) is 0 Å². The van der Waals surface area contributed by atoms with Crippen molar-refractivity contribution in [2.75, 3.05) is 5.32 Å². The van der Waals surface area contributed by atoms with E-state index in [0.717, 1.165) is 40.7 Å². The summed E-state index contributed by atoms with van der Waals surface area (Å²) in [4.78, 5) is 26.1. The molecular weight excluding hydrogens is 426 g/mol. The van der Waals surface area contributed by atoms with Gasteiger partial charge in [-0.05, 0) is 56.5 Å². The zero-order valence-corrected chi connectivity index (χ0v) is 18.6. The van der Waals surface area contributed by atoms with Gasteiger partial charge < -0.3 is 5.32 Å². The van der Waals surface area contributed by atoms with Crippen LogP contribution in [0.1, 0.15) is 35.6 Å². The summed E-state index contributed by atoms with van der Waals surface area (Å²) in [6.07, 6.45) is 3.75. The second-order valence-electron chi connectivity index (χ2n) is 8.29. The monoisotopic (exact) mass is 447 g/mol. The maximum absolute atomic E-state index is 13.4. The normalized spacial score (nSPS) is 13.5. The Morgan fingerprint density at radius 3 is 2.72 bits per heavy atom. The molecule has 0 bridgehead atoms. The van der Waals surface area contributed by atoms with Crippen LogP contribution in [0.2, 0.25) is 5.02 Å². The number of carbonyl (C=O) groups is 1. The number of amides is 1. The summed E-state index contributed by atoms with van der Waals surface area (Å²) in [5.41, 5.74) is 4.49. The van der Waals surface area contributed by atoms with Crippen LogP contribution in [-0.4, -0.2) is 25.5 Å². The van der Waals surface area contributed by atoms with E-state index in [9.17, 15) is 9.59 Å². The van der Waals surface area contributed by atoms with Crippen LogP contribution >= 0.6 is 11.6 Å². The second-order valence-corrected chi connectivity index (χ2v) is 8.73. The predicted molar refractivity (Wildman–Crippen MR) is 125 cm³/mol. The van der Waals surface area contributed by atoms with E-state index in [1.54, 1.807) is 35.1 Å². The van der Waals surface area contributed by atoms with Crippen LogP contribution in [0, 0.1) is 13.8 Å². The number of anilines is 1. The van der Waals surface area contributed by atoms with E-state index >= 15 is 0 Å². The quantitative estimate of drug-likeness (QED) is 0.492. The molecule has 0 unspecified atom stereocenters. The minimum atomic E-state index is -0.347. The molecule has 2 heterocycles. The van der Waals surface area contributed by atoms with Crippen LogP contribution < -0.4 is 10.9 Å². The van der Waals surface area contributed by atoms with Crippen molar-refractivity contribution in [2.24, 2.45) is 0 Å². The molecule has 1 aliphatic rings. The van der Waals surface area contributed by atoms with Crippen molar-refractivity contribution in [1.29, 1.82) is 0 Å². The summed E-state index contributed by atoms with van der Waals surface area (Å²) in [5, 5.41) is 13.2. The number of nitrogens with zero attached hydrogens (tertiary/aromatic N) is 4. The van der Waals surface area contributed by atoms with E-state index in [-0.39, 0.29) is 23.9 Å². The summed E-state index contributed by atoms with van der Waals surface area (Å²) >= 11 is 6.00. The number of hydrogen-bond acceptors (Lipinski definition) is 4. The molecule has 7 nitrogen and oxygen atoms in total. The molecule has 5 rings (SSSR count). The number of aryl methyl sites for hydroxylation is 2. The molecule has 2 aromatic carbocycles. The number of fused-ring (bicyclic) bond motifs is 1. The van der Waals surface area contributed by atoms with E-state index in [2.05, 4.69) is 21.6 Å². The Bertz CT molecular complexity index is 1420. The van der Waals surface area contributed by atoms with E-state index in [1.165, 1.54) is 4.68 Å². The molecule has 0 saturated heterocycles. The van der Waals surface area contributed by atoms with Gasteiger partial charge in [-0.25, -0.2) is 9.36 Å². The van der Waals surface area contributed by atoms with Crippen LogP contribution in [-0.2, 0) is 11.3 Å². The molecule has 0 aliphatic heterocycles. The Labute approximate surface area is 189 Å². The van der Waals surface area contributed by atoms with Gasteiger partial charge in [-0.1, -0.05) is 35.4 Å². The van der Waals surface area contributed by atoms with Crippen LogP contribution in [0.15, 0.2) is 53.5 Å². The summed E-state index contributed by atoms with van der Waals surface area (Å²) in [6, 6.07) is 12.9. The molecular formula is C24H22ClN5O2. The van der Waals surface area contributed by atoms with Crippen molar-refractivity contribution in [1.82, 2.24) is 19.6 Å². The smallest absolute Gasteiger partial charge is 0.293 e. The standard InChI is InChI=1S/C24H22ClN5O2/c1-14-6-9-20(15(2)10-14)30-23-19(12-26-30)22(16-7-8-16)28-29(24(23)32)13-21(31)27-18-5-3-4-17(25)11-18/h3-6,9-12,16H,7-8,13H2,1-2H3,(H,27,31). The fraction of sp³-hybridized carbons (Fsp3) is 0.250. The minimum absolute atomic E-state index is 0.195. The van der Waals surface area contributed by atoms with Gasteiger partial charge in [0.15, 0.2) is 0 Å². The fourth-order valence-corrected chi connectivity index (χ4v) is 4.18. The minimum Gasteiger partial charge on any atom is -0.324 e. The third-order valence-corrected chi connectivity index (χ3v) is 5.89. The number of carbonyl (C=O) groups excluding carboxylic acids is 1. The first-order valence-corrected chi connectivity index (χ1v) is 10.9. The maximum atomic E-state index is 13.4. The molecule has 162 valence electrons. The summed E-state index contributed by atoms with van der Waals surface area (Å²) < 4.78 is 2.92. The molecule has 1 saturated carbocycles.